The quantitative estimate of drug-likeness (QED) is 0.763. The van der Waals surface area contributed by atoms with Crippen molar-refractivity contribution < 1.29 is 9.59 Å². The minimum atomic E-state index is -0.0923. The number of thioether (sulfide) groups is 1. The first-order valence-electron chi connectivity index (χ1n) is 8.30. The van der Waals surface area contributed by atoms with Gasteiger partial charge in [-0.2, -0.15) is 0 Å². The molecule has 2 aromatic rings. The molecule has 132 valence electrons. The third-order valence-electron chi connectivity index (χ3n) is 3.84. The Morgan fingerprint density at radius 3 is 2.36 bits per heavy atom. The summed E-state index contributed by atoms with van der Waals surface area (Å²) in [6.07, 6.45) is 0.810. The molecule has 0 unspecified atom stereocenters. The summed E-state index contributed by atoms with van der Waals surface area (Å²) in [6, 6.07) is 15.9. The maximum Gasteiger partial charge on any atom is 0.234 e. The topological polar surface area (TPSA) is 58.2 Å². The lowest BCUT2D eigenvalue weighted by Crippen LogP contribution is -2.28. The Balaban J connectivity index is 1.61. The second-order valence-electron chi connectivity index (χ2n) is 5.93. The van der Waals surface area contributed by atoms with E-state index < -0.39 is 0 Å². The van der Waals surface area contributed by atoms with Crippen LogP contribution in [0.25, 0.3) is 0 Å². The first-order chi connectivity index (χ1) is 12.0. The predicted molar refractivity (Wildman–Crippen MR) is 105 cm³/mol. The van der Waals surface area contributed by atoms with E-state index in [1.54, 1.807) is 0 Å². The summed E-state index contributed by atoms with van der Waals surface area (Å²) in [4.78, 5) is 23.7. The molecule has 2 N–H and O–H groups in total. The van der Waals surface area contributed by atoms with Crippen LogP contribution in [0.15, 0.2) is 48.5 Å². The molecule has 0 aliphatic heterocycles. The molecule has 0 spiro atoms. The number of carbonyl (C=O) groups excluding carboxylic acids is 2. The van der Waals surface area contributed by atoms with Gasteiger partial charge >= 0.3 is 0 Å². The van der Waals surface area contributed by atoms with E-state index in [4.69, 9.17) is 0 Å². The molecule has 4 nitrogen and oxygen atoms in total. The highest BCUT2D eigenvalue weighted by molar-refractivity contribution is 8.00. The summed E-state index contributed by atoms with van der Waals surface area (Å²) >= 11 is 1.32. The van der Waals surface area contributed by atoms with Crippen LogP contribution in [-0.2, 0) is 16.0 Å². The van der Waals surface area contributed by atoms with E-state index in [1.807, 2.05) is 62.4 Å². The van der Waals surface area contributed by atoms with Crippen LogP contribution in [0.3, 0.4) is 0 Å². The number of hydrogen-bond acceptors (Lipinski definition) is 3. The lowest BCUT2D eigenvalue weighted by molar-refractivity contribution is -0.118. The molecule has 0 fully saturated rings. The molecule has 0 saturated carbocycles. The third kappa shape index (κ3) is 7.01. The predicted octanol–water partition coefficient (Wildman–Crippen LogP) is 3.33. The Labute approximate surface area is 153 Å². The second kappa shape index (κ2) is 9.89. The Morgan fingerprint density at radius 1 is 0.920 bits per heavy atom. The Hall–Kier alpha value is -2.27. The summed E-state index contributed by atoms with van der Waals surface area (Å²) in [6.45, 7) is 4.66. The first kappa shape index (κ1) is 19.1. The van der Waals surface area contributed by atoms with Crippen LogP contribution in [0.4, 0.5) is 5.69 Å². The van der Waals surface area contributed by atoms with Gasteiger partial charge in [-0.1, -0.05) is 36.4 Å². The van der Waals surface area contributed by atoms with Crippen molar-refractivity contribution in [3.63, 3.8) is 0 Å². The standard InChI is InChI=1S/C20H24N2O2S/c1-15-8-9-18(12-16(15)2)22-20(24)14-25-13-19(23)21-11-10-17-6-4-3-5-7-17/h3-9,12H,10-11,13-14H2,1-2H3,(H,21,23)(H,22,24). The Bertz CT molecular complexity index is 717. The van der Waals surface area contributed by atoms with Gasteiger partial charge in [0.15, 0.2) is 0 Å². The molecule has 0 heterocycles. The SMILES string of the molecule is Cc1ccc(NC(=O)CSCC(=O)NCCc2ccccc2)cc1C. The van der Waals surface area contributed by atoms with Crippen LogP contribution in [0.2, 0.25) is 0 Å². The van der Waals surface area contributed by atoms with Crippen LogP contribution in [-0.4, -0.2) is 29.9 Å². The number of nitrogens with one attached hydrogen (secondary N) is 2. The number of amides is 2. The van der Waals surface area contributed by atoms with Crippen molar-refractivity contribution in [1.82, 2.24) is 5.32 Å². The molecule has 0 bridgehead atoms. The van der Waals surface area contributed by atoms with Crippen molar-refractivity contribution in [3.8, 4) is 0 Å². The van der Waals surface area contributed by atoms with Gasteiger partial charge in [0.05, 0.1) is 11.5 Å². The summed E-state index contributed by atoms with van der Waals surface area (Å²) in [5, 5.41) is 5.73. The van der Waals surface area contributed by atoms with Crippen LogP contribution in [0, 0.1) is 13.8 Å². The van der Waals surface area contributed by atoms with Gasteiger partial charge in [0.1, 0.15) is 0 Å². The highest BCUT2D eigenvalue weighted by Gasteiger charge is 2.06. The van der Waals surface area contributed by atoms with E-state index in [-0.39, 0.29) is 23.3 Å². The molecule has 0 radical (unpaired) electrons. The lowest BCUT2D eigenvalue weighted by Gasteiger charge is -2.08. The molecule has 2 amide bonds. The zero-order chi connectivity index (χ0) is 18.1. The summed E-state index contributed by atoms with van der Waals surface area (Å²) in [7, 11) is 0. The first-order valence-corrected chi connectivity index (χ1v) is 9.45. The monoisotopic (exact) mass is 356 g/mol. The number of anilines is 1. The van der Waals surface area contributed by atoms with Crippen molar-refractivity contribution in [1.29, 1.82) is 0 Å². The molecular formula is C20H24N2O2S. The Morgan fingerprint density at radius 2 is 1.64 bits per heavy atom. The Kier molecular flexibility index (Phi) is 7.54. The number of hydrogen-bond donors (Lipinski definition) is 2. The van der Waals surface area contributed by atoms with Crippen LogP contribution in [0.1, 0.15) is 16.7 Å². The van der Waals surface area contributed by atoms with Gasteiger partial charge in [-0.25, -0.2) is 0 Å². The number of carbonyl (C=O) groups is 2. The molecule has 2 rings (SSSR count). The average molecular weight is 356 g/mol. The van der Waals surface area contributed by atoms with Crippen LogP contribution in [0.5, 0.6) is 0 Å². The smallest absolute Gasteiger partial charge is 0.234 e. The van der Waals surface area contributed by atoms with Gasteiger partial charge in [0.25, 0.3) is 0 Å². The van der Waals surface area contributed by atoms with Gasteiger partial charge in [0, 0.05) is 12.2 Å². The van der Waals surface area contributed by atoms with E-state index in [0.29, 0.717) is 6.54 Å². The number of rotatable bonds is 8. The average Bonchev–Trinajstić information content (AvgIpc) is 2.59. The van der Waals surface area contributed by atoms with Crippen molar-refractivity contribution in [2.45, 2.75) is 20.3 Å². The molecular weight excluding hydrogens is 332 g/mol. The van der Waals surface area contributed by atoms with Gasteiger partial charge in [-0.15, -0.1) is 11.8 Å². The van der Waals surface area contributed by atoms with Crippen LogP contribution < -0.4 is 10.6 Å². The zero-order valence-corrected chi connectivity index (χ0v) is 15.5. The molecule has 5 heteroatoms. The minimum Gasteiger partial charge on any atom is -0.355 e. The molecule has 2 aromatic carbocycles. The molecule has 0 aliphatic rings. The van der Waals surface area contributed by atoms with E-state index in [9.17, 15) is 9.59 Å². The molecule has 0 atom stereocenters. The normalized spacial score (nSPS) is 10.3. The van der Waals surface area contributed by atoms with Gasteiger partial charge in [0.2, 0.25) is 11.8 Å². The molecule has 25 heavy (non-hydrogen) atoms. The highest BCUT2D eigenvalue weighted by atomic mass is 32.2. The molecule has 0 aliphatic carbocycles. The third-order valence-corrected chi connectivity index (χ3v) is 4.77. The van der Waals surface area contributed by atoms with Gasteiger partial charge in [-0.3, -0.25) is 9.59 Å². The molecule has 0 saturated heterocycles. The van der Waals surface area contributed by atoms with Crippen molar-refractivity contribution >= 4 is 29.3 Å². The van der Waals surface area contributed by atoms with Gasteiger partial charge < -0.3 is 10.6 Å². The van der Waals surface area contributed by atoms with E-state index in [0.717, 1.165) is 17.7 Å². The minimum absolute atomic E-state index is 0.0417. The largest absolute Gasteiger partial charge is 0.355 e. The van der Waals surface area contributed by atoms with E-state index >= 15 is 0 Å². The maximum absolute atomic E-state index is 11.9. The van der Waals surface area contributed by atoms with Crippen molar-refractivity contribution in [2.24, 2.45) is 0 Å². The van der Waals surface area contributed by atoms with E-state index in [2.05, 4.69) is 10.6 Å². The second-order valence-corrected chi connectivity index (χ2v) is 6.91. The van der Waals surface area contributed by atoms with Crippen molar-refractivity contribution in [3.05, 3.63) is 65.2 Å². The fraction of sp³-hybridized carbons (Fsp3) is 0.300. The lowest BCUT2D eigenvalue weighted by atomic mass is 10.1. The molecule has 0 aromatic heterocycles. The number of benzene rings is 2. The summed E-state index contributed by atoms with van der Waals surface area (Å²) in [5.74, 6) is 0.416. The summed E-state index contributed by atoms with van der Waals surface area (Å²) in [5.41, 5.74) is 4.33. The fourth-order valence-electron chi connectivity index (χ4n) is 2.29. The van der Waals surface area contributed by atoms with Gasteiger partial charge in [-0.05, 0) is 49.1 Å². The van der Waals surface area contributed by atoms with Crippen LogP contribution >= 0.6 is 11.8 Å². The van der Waals surface area contributed by atoms with E-state index in [1.165, 1.54) is 22.9 Å². The summed E-state index contributed by atoms with van der Waals surface area (Å²) < 4.78 is 0. The van der Waals surface area contributed by atoms with Crippen molar-refractivity contribution in [2.75, 3.05) is 23.4 Å². The fourth-order valence-corrected chi connectivity index (χ4v) is 2.94. The highest BCUT2D eigenvalue weighted by Crippen LogP contribution is 2.14. The zero-order valence-electron chi connectivity index (χ0n) is 14.7. The maximum atomic E-state index is 11.9. The number of aryl methyl sites for hydroxylation is 2.